The molecule has 1 aromatic carbocycles. The molecular weight excluding hydrogens is 290 g/mol. The number of likely N-dealkylation sites (N-methyl/N-ethyl adjacent to an activating group) is 1. The minimum atomic E-state index is -0.489. The number of nitrogens with one attached hydrogen (secondary N) is 2. The fourth-order valence-corrected chi connectivity index (χ4v) is 2.80. The van der Waals surface area contributed by atoms with E-state index in [1.165, 1.54) is 12.0 Å². The van der Waals surface area contributed by atoms with Crippen LogP contribution < -0.4 is 10.6 Å². The third-order valence-corrected chi connectivity index (χ3v) is 3.93. The van der Waals surface area contributed by atoms with Crippen LogP contribution >= 0.6 is 0 Å². The third-order valence-electron chi connectivity index (χ3n) is 3.93. The van der Waals surface area contributed by atoms with E-state index in [1.54, 1.807) is 0 Å². The van der Waals surface area contributed by atoms with Gasteiger partial charge in [-0.3, -0.25) is 5.32 Å². The smallest absolute Gasteiger partial charge is 0.412 e. The second-order valence-electron chi connectivity index (χ2n) is 7.39. The van der Waals surface area contributed by atoms with Gasteiger partial charge >= 0.3 is 6.09 Å². The number of rotatable bonds is 4. The molecule has 5 nitrogen and oxygen atoms in total. The zero-order valence-electron chi connectivity index (χ0n) is 14.8. The van der Waals surface area contributed by atoms with E-state index in [0.717, 1.165) is 18.8 Å². The Morgan fingerprint density at radius 1 is 1.30 bits per heavy atom. The van der Waals surface area contributed by atoms with Gasteiger partial charge in [0.2, 0.25) is 0 Å². The van der Waals surface area contributed by atoms with Crippen molar-refractivity contribution >= 4 is 11.8 Å². The van der Waals surface area contributed by atoms with Crippen LogP contribution in [0.15, 0.2) is 24.3 Å². The van der Waals surface area contributed by atoms with Crippen LogP contribution in [-0.2, 0) is 4.74 Å². The summed E-state index contributed by atoms with van der Waals surface area (Å²) in [5.74, 6) is 0. The van der Waals surface area contributed by atoms with Gasteiger partial charge in [0.25, 0.3) is 0 Å². The average Bonchev–Trinajstić information content (AvgIpc) is 2.82. The summed E-state index contributed by atoms with van der Waals surface area (Å²) in [5, 5.41) is 6.42. The molecule has 0 spiro atoms. The molecular formula is C18H29N3O2. The Kier molecular flexibility index (Phi) is 5.65. The Morgan fingerprint density at radius 2 is 1.96 bits per heavy atom. The molecule has 23 heavy (non-hydrogen) atoms. The molecule has 2 N–H and O–H groups in total. The summed E-state index contributed by atoms with van der Waals surface area (Å²) in [6.07, 6.45) is 0.768. The molecule has 2 atom stereocenters. The zero-order valence-corrected chi connectivity index (χ0v) is 14.8. The highest BCUT2D eigenvalue weighted by Crippen LogP contribution is 2.19. The second-order valence-corrected chi connectivity index (χ2v) is 7.39. The van der Waals surface area contributed by atoms with Crippen LogP contribution in [-0.4, -0.2) is 42.8 Å². The fraction of sp³-hybridized carbons (Fsp3) is 0.611. The number of carbonyl (C=O) groups is 1. The van der Waals surface area contributed by atoms with E-state index >= 15 is 0 Å². The molecule has 1 aromatic rings. The predicted octanol–water partition coefficient (Wildman–Crippen LogP) is 3.39. The maximum absolute atomic E-state index is 11.8. The number of hydrogen-bond acceptors (Lipinski definition) is 4. The van der Waals surface area contributed by atoms with Gasteiger partial charge in [-0.05, 0) is 65.4 Å². The van der Waals surface area contributed by atoms with E-state index < -0.39 is 11.7 Å². The van der Waals surface area contributed by atoms with Crippen LogP contribution in [0.25, 0.3) is 0 Å². The summed E-state index contributed by atoms with van der Waals surface area (Å²) >= 11 is 0. The lowest BCUT2D eigenvalue weighted by Crippen LogP contribution is -2.33. The van der Waals surface area contributed by atoms with Gasteiger partial charge in [0.05, 0.1) is 0 Å². The molecule has 1 aliphatic heterocycles. The molecule has 0 bridgehead atoms. The lowest BCUT2D eigenvalue weighted by Gasteiger charge is -2.21. The maximum Gasteiger partial charge on any atom is 0.412 e. The van der Waals surface area contributed by atoms with Gasteiger partial charge in [0.1, 0.15) is 5.60 Å². The molecule has 5 heteroatoms. The maximum atomic E-state index is 11.8. The van der Waals surface area contributed by atoms with Crippen LogP contribution in [0.5, 0.6) is 0 Å². The molecule has 1 aliphatic rings. The first kappa shape index (κ1) is 17.8. The molecule has 0 saturated carbocycles. The Hall–Kier alpha value is -1.59. The topological polar surface area (TPSA) is 53.6 Å². The zero-order chi connectivity index (χ0) is 17.0. The molecule has 1 saturated heterocycles. The van der Waals surface area contributed by atoms with Crippen molar-refractivity contribution in [1.82, 2.24) is 10.2 Å². The van der Waals surface area contributed by atoms with Crippen molar-refractivity contribution in [3.05, 3.63) is 29.8 Å². The van der Waals surface area contributed by atoms with E-state index in [0.29, 0.717) is 12.1 Å². The van der Waals surface area contributed by atoms with Gasteiger partial charge in [0.15, 0.2) is 0 Å². The minimum Gasteiger partial charge on any atom is -0.444 e. The molecule has 1 fully saturated rings. The van der Waals surface area contributed by atoms with Gasteiger partial charge < -0.3 is 15.0 Å². The number of ether oxygens (including phenoxy) is 1. The predicted molar refractivity (Wildman–Crippen MR) is 93.8 cm³/mol. The lowest BCUT2D eigenvalue weighted by molar-refractivity contribution is 0.0636. The van der Waals surface area contributed by atoms with Crippen molar-refractivity contribution < 1.29 is 9.53 Å². The largest absolute Gasteiger partial charge is 0.444 e. The van der Waals surface area contributed by atoms with Crippen LogP contribution in [0.2, 0.25) is 0 Å². The van der Waals surface area contributed by atoms with Crippen molar-refractivity contribution in [2.24, 2.45) is 0 Å². The number of hydrogen-bond donors (Lipinski definition) is 2. The van der Waals surface area contributed by atoms with E-state index in [4.69, 9.17) is 4.74 Å². The summed E-state index contributed by atoms with van der Waals surface area (Å²) in [4.78, 5) is 14.1. The quantitative estimate of drug-likeness (QED) is 0.893. The molecule has 2 rings (SSSR count). The van der Waals surface area contributed by atoms with Crippen LogP contribution in [0, 0.1) is 0 Å². The Balaban J connectivity index is 1.87. The van der Waals surface area contributed by atoms with E-state index in [9.17, 15) is 4.79 Å². The van der Waals surface area contributed by atoms with Crippen LogP contribution in [0.1, 0.15) is 45.7 Å². The van der Waals surface area contributed by atoms with Gasteiger partial charge in [0, 0.05) is 24.3 Å². The number of likely N-dealkylation sites (tertiary alicyclic amines) is 1. The average molecular weight is 319 g/mol. The van der Waals surface area contributed by atoms with E-state index in [1.807, 2.05) is 45.0 Å². The van der Waals surface area contributed by atoms with Crippen LogP contribution in [0.4, 0.5) is 10.5 Å². The molecule has 1 amide bonds. The Labute approximate surface area is 139 Å². The highest BCUT2D eigenvalue weighted by atomic mass is 16.6. The number of amides is 1. The van der Waals surface area contributed by atoms with Gasteiger partial charge in [-0.2, -0.15) is 0 Å². The van der Waals surface area contributed by atoms with Crippen molar-refractivity contribution in [2.75, 3.05) is 25.5 Å². The van der Waals surface area contributed by atoms with Crippen molar-refractivity contribution in [2.45, 2.75) is 51.8 Å². The molecule has 1 heterocycles. The number of benzene rings is 1. The minimum absolute atomic E-state index is 0.294. The fourth-order valence-electron chi connectivity index (χ4n) is 2.80. The molecule has 128 valence electrons. The summed E-state index contributed by atoms with van der Waals surface area (Å²) in [6.45, 7) is 9.98. The first-order chi connectivity index (χ1) is 10.7. The van der Waals surface area contributed by atoms with Crippen molar-refractivity contribution in [3.63, 3.8) is 0 Å². The Bertz CT molecular complexity index is 522. The van der Waals surface area contributed by atoms with Crippen molar-refractivity contribution in [1.29, 1.82) is 0 Å². The van der Waals surface area contributed by atoms with Gasteiger partial charge in [-0.15, -0.1) is 0 Å². The van der Waals surface area contributed by atoms with Gasteiger partial charge in [-0.25, -0.2) is 4.79 Å². The van der Waals surface area contributed by atoms with Gasteiger partial charge in [-0.1, -0.05) is 12.1 Å². The molecule has 0 radical (unpaired) electrons. The lowest BCUT2D eigenvalue weighted by atomic mass is 10.1. The highest BCUT2D eigenvalue weighted by Gasteiger charge is 2.21. The number of carbonyl (C=O) groups excluding carboxylic acids is 1. The molecule has 0 aromatic heterocycles. The van der Waals surface area contributed by atoms with Crippen molar-refractivity contribution in [3.8, 4) is 0 Å². The summed E-state index contributed by atoms with van der Waals surface area (Å²) in [7, 11) is 2.16. The normalized spacial score (nSPS) is 20.3. The van der Waals surface area contributed by atoms with E-state index in [-0.39, 0.29) is 0 Å². The highest BCUT2D eigenvalue weighted by molar-refractivity contribution is 5.84. The summed E-state index contributed by atoms with van der Waals surface area (Å²) in [5.41, 5.74) is 1.47. The first-order valence-electron chi connectivity index (χ1n) is 8.27. The Morgan fingerprint density at radius 3 is 2.48 bits per heavy atom. The number of nitrogens with zero attached hydrogens (tertiary/aromatic N) is 1. The summed E-state index contributed by atoms with van der Waals surface area (Å²) < 4.78 is 5.25. The third kappa shape index (κ3) is 5.84. The van der Waals surface area contributed by atoms with E-state index in [2.05, 4.69) is 29.5 Å². The monoisotopic (exact) mass is 319 g/mol. The molecule has 0 aliphatic carbocycles. The SMILES string of the molecule is CC(NC1CCN(C)C1)c1ccc(NC(=O)OC(C)(C)C)cc1. The summed E-state index contributed by atoms with van der Waals surface area (Å²) in [6, 6.07) is 8.76. The standard InChI is InChI=1S/C18H29N3O2/c1-13(19-16-10-11-21(5)12-16)14-6-8-15(9-7-14)20-17(22)23-18(2,3)4/h6-9,13,16,19H,10-12H2,1-5H3,(H,20,22). The second kappa shape index (κ2) is 7.32. The van der Waals surface area contributed by atoms with Crippen LogP contribution in [0.3, 0.4) is 0 Å². The molecule has 2 unspecified atom stereocenters. The number of anilines is 1. The first-order valence-corrected chi connectivity index (χ1v) is 8.27.